The van der Waals surface area contributed by atoms with Crippen LogP contribution < -0.4 is 4.90 Å². The zero-order chi connectivity index (χ0) is 18.6. The van der Waals surface area contributed by atoms with E-state index in [-0.39, 0.29) is 28.8 Å². The summed E-state index contributed by atoms with van der Waals surface area (Å²) in [6.07, 6.45) is 1.27. The SMILES string of the molecule is CCOC(=O)C(C#N)=Cc1nc(N(C)C)n(-c2ccc(F)cc2)c1Cl. The molecule has 130 valence electrons. The van der Waals surface area contributed by atoms with Crippen LogP contribution in [-0.2, 0) is 9.53 Å². The van der Waals surface area contributed by atoms with Gasteiger partial charge in [0.05, 0.1) is 12.3 Å². The predicted molar refractivity (Wildman–Crippen MR) is 93.1 cm³/mol. The average molecular weight is 363 g/mol. The number of hydrogen-bond acceptors (Lipinski definition) is 5. The largest absolute Gasteiger partial charge is 0.462 e. The van der Waals surface area contributed by atoms with Gasteiger partial charge in [0.2, 0.25) is 5.95 Å². The molecule has 0 bridgehead atoms. The monoisotopic (exact) mass is 362 g/mol. The first-order valence-corrected chi connectivity index (χ1v) is 7.77. The molecule has 0 aliphatic rings. The molecule has 0 saturated heterocycles. The van der Waals surface area contributed by atoms with E-state index in [1.165, 1.54) is 18.2 Å². The highest BCUT2D eigenvalue weighted by molar-refractivity contribution is 6.31. The van der Waals surface area contributed by atoms with E-state index in [1.54, 1.807) is 48.7 Å². The van der Waals surface area contributed by atoms with Gasteiger partial charge in [-0.3, -0.25) is 4.57 Å². The molecule has 0 aliphatic heterocycles. The number of hydrogen-bond donors (Lipinski definition) is 0. The Morgan fingerprint density at radius 2 is 2.08 bits per heavy atom. The van der Waals surface area contributed by atoms with Crippen LogP contribution in [0.1, 0.15) is 12.6 Å². The lowest BCUT2D eigenvalue weighted by Crippen LogP contribution is -2.14. The van der Waals surface area contributed by atoms with E-state index >= 15 is 0 Å². The summed E-state index contributed by atoms with van der Waals surface area (Å²) in [4.78, 5) is 17.9. The molecular weight excluding hydrogens is 347 g/mol. The van der Waals surface area contributed by atoms with E-state index in [0.29, 0.717) is 11.6 Å². The molecule has 0 atom stereocenters. The summed E-state index contributed by atoms with van der Waals surface area (Å²) in [7, 11) is 3.53. The van der Waals surface area contributed by atoms with Crippen LogP contribution in [0.5, 0.6) is 0 Å². The van der Waals surface area contributed by atoms with Gasteiger partial charge in [-0.15, -0.1) is 0 Å². The number of benzene rings is 1. The second-order valence-corrected chi connectivity index (χ2v) is 5.54. The van der Waals surface area contributed by atoms with E-state index in [1.807, 2.05) is 0 Å². The van der Waals surface area contributed by atoms with Gasteiger partial charge >= 0.3 is 5.97 Å². The minimum atomic E-state index is -0.746. The zero-order valence-corrected chi connectivity index (χ0v) is 14.7. The number of carbonyl (C=O) groups excluding carboxylic acids is 1. The van der Waals surface area contributed by atoms with E-state index < -0.39 is 5.97 Å². The molecule has 0 fully saturated rings. The van der Waals surface area contributed by atoms with Crippen molar-refractivity contribution in [3.63, 3.8) is 0 Å². The van der Waals surface area contributed by atoms with Gasteiger partial charge in [0.1, 0.15) is 28.3 Å². The first-order chi connectivity index (χ1) is 11.9. The maximum atomic E-state index is 13.2. The minimum Gasteiger partial charge on any atom is -0.462 e. The molecule has 8 heteroatoms. The zero-order valence-electron chi connectivity index (χ0n) is 14.0. The summed E-state index contributed by atoms with van der Waals surface area (Å²) >= 11 is 6.40. The van der Waals surface area contributed by atoms with Crippen molar-refractivity contribution in [2.45, 2.75) is 6.92 Å². The molecule has 0 N–H and O–H groups in total. The van der Waals surface area contributed by atoms with E-state index in [0.717, 1.165) is 0 Å². The fourth-order valence-electron chi connectivity index (χ4n) is 2.10. The molecule has 0 spiro atoms. The molecule has 25 heavy (non-hydrogen) atoms. The third kappa shape index (κ3) is 3.98. The van der Waals surface area contributed by atoms with Crippen molar-refractivity contribution in [2.24, 2.45) is 0 Å². The summed E-state index contributed by atoms with van der Waals surface area (Å²) in [5.74, 6) is -0.659. The molecule has 0 aliphatic carbocycles. The molecule has 0 saturated carbocycles. The van der Waals surface area contributed by atoms with Crippen LogP contribution in [0.25, 0.3) is 11.8 Å². The second kappa shape index (κ2) is 7.81. The quantitative estimate of drug-likeness (QED) is 0.464. The molecule has 0 amide bonds. The van der Waals surface area contributed by atoms with Crippen molar-refractivity contribution in [3.05, 3.63) is 46.5 Å². The fraction of sp³-hybridized carbons (Fsp3) is 0.235. The highest BCUT2D eigenvalue weighted by atomic mass is 35.5. The van der Waals surface area contributed by atoms with Crippen LogP contribution in [0.4, 0.5) is 10.3 Å². The van der Waals surface area contributed by atoms with Gasteiger partial charge in [-0.1, -0.05) is 11.6 Å². The summed E-state index contributed by atoms with van der Waals surface area (Å²) in [5.41, 5.74) is 0.619. The number of imidazole rings is 1. The van der Waals surface area contributed by atoms with Crippen LogP contribution in [0.2, 0.25) is 5.15 Å². The normalized spacial score (nSPS) is 11.1. The average Bonchev–Trinajstić information content (AvgIpc) is 2.90. The van der Waals surface area contributed by atoms with Crippen LogP contribution in [0, 0.1) is 17.1 Å². The highest BCUT2D eigenvalue weighted by Gasteiger charge is 2.19. The van der Waals surface area contributed by atoms with Gasteiger partial charge in [-0.25, -0.2) is 14.2 Å². The van der Waals surface area contributed by atoms with E-state index in [4.69, 9.17) is 21.6 Å². The van der Waals surface area contributed by atoms with Crippen LogP contribution in [0.15, 0.2) is 29.8 Å². The first-order valence-electron chi connectivity index (χ1n) is 7.39. The Morgan fingerprint density at radius 3 is 2.60 bits per heavy atom. The number of nitriles is 1. The summed E-state index contributed by atoms with van der Waals surface area (Å²) in [5, 5.41) is 9.35. The van der Waals surface area contributed by atoms with Crippen molar-refractivity contribution < 1.29 is 13.9 Å². The number of ether oxygens (including phenoxy) is 1. The van der Waals surface area contributed by atoms with E-state index in [2.05, 4.69) is 4.98 Å². The third-order valence-corrected chi connectivity index (χ3v) is 3.57. The minimum absolute atomic E-state index is 0.151. The summed E-state index contributed by atoms with van der Waals surface area (Å²) in [6.45, 7) is 1.80. The maximum absolute atomic E-state index is 13.2. The molecule has 1 heterocycles. The molecule has 1 aromatic carbocycles. The van der Waals surface area contributed by atoms with Gasteiger partial charge in [-0.2, -0.15) is 5.26 Å². The Bertz CT molecular complexity index is 851. The first kappa shape index (κ1) is 18.5. The number of nitrogens with zero attached hydrogens (tertiary/aromatic N) is 4. The van der Waals surface area contributed by atoms with Crippen LogP contribution in [-0.4, -0.2) is 36.2 Å². The lowest BCUT2D eigenvalue weighted by atomic mass is 10.2. The van der Waals surface area contributed by atoms with Crippen LogP contribution >= 0.6 is 11.6 Å². The Morgan fingerprint density at radius 1 is 1.44 bits per heavy atom. The molecule has 6 nitrogen and oxygen atoms in total. The molecule has 2 rings (SSSR count). The third-order valence-electron chi connectivity index (χ3n) is 3.21. The predicted octanol–water partition coefficient (Wildman–Crippen LogP) is 3.20. The maximum Gasteiger partial charge on any atom is 0.348 e. The highest BCUT2D eigenvalue weighted by Crippen LogP contribution is 2.29. The number of carbonyl (C=O) groups is 1. The molecule has 0 unspecified atom stereocenters. The molecule has 1 aromatic heterocycles. The van der Waals surface area contributed by atoms with Gasteiger partial charge in [0, 0.05) is 14.1 Å². The Labute approximate surface area is 149 Å². The number of rotatable bonds is 5. The van der Waals surface area contributed by atoms with Gasteiger partial charge in [0.25, 0.3) is 0 Å². The lowest BCUT2D eigenvalue weighted by Gasteiger charge is -2.14. The second-order valence-electron chi connectivity index (χ2n) is 5.18. The van der Waals surface area contributed by atoms with Crippen molar-refractivity contribution >= 4 is 29.6 Å². The molecule has 2 aromatic rings. The molecular formula is C17H16ClFN4O2. The topological polar surface area (TPSA) is 71.2 Å². The van der Waals surface area contributed by atoms with Gasteiger partial charge in [0.15, 0.2) is 0 Å². The smallest absolute Gasteiger partial charge is 0.348 e. The Hall–Kier alpha value is -2.85. The van der Waals surface area contributed by atoms with Crippen molar-refractivity contribution in [1.29, 1.82) is 5.26 Å². The van der Waals surface area contributed by atoms with Crippen molar-refractivity contribution in [1.82, 2.24) is 9.55 Å². The Balaban J connectivity index is 2.59. The number of anilines is 1. The summed E-state index contributed by atoms with van der Waals surface area (Å²) < 4.78 is 19.6. The Kier molecular flexibility index (Phi) is 5.78. The van der Waals surface area contributed by atoms with E-state index in [9.17, 15) is 9.18 Å². The van der Waals surface area contributed by atoms with Crippen molar-refractivity contribution in [2.75, 3.05) is 25.6 Å². The van der Waals surface area contributed by atoms with Gasteiger partial charge < -0.3 is 9.64 Å². The number of halogens is 2. The summed E-state index contributed by atoms with van der Waals surface area (Å²) in [6, 6.07) is 7.50. The number of esters is 1. The van der Waals surface area contributed by atoms with Crippen molar-refractivity contribution in [3.8, 4) is 11.8 Å². The van der Waals surface area contributed by atoms with Gasteiger partial charge in [-0.05, 0) is 37.3 Å². The van der Waals surface area contributed by atoms with Crippen LogP contribution in [0.3, 0.4) is 0 Å². The number of aromatic nitrogens is 2. The lowest BCUT2D eigenvalue weighted by molar-refractivity contribution is -0.137. The molecule has 0 radical (unpaired) electrons. The fourth-order valence-corrected chi connectivity index (χ4v) is 2.37. The standard InChI is InChI=1S/C17H16ClFN4O2/c1-4-25-16(24)11(10-20)9-14-15(18)23(17(21-14)22(2)3)13-7-5-12(19)6-8-13/h5-9H,4H2,1-3H3.